The zero-order valence-electron chi connectivity index (χ0n) is 17.8. The van der Waals surface area contributed by atoms with Gasteiger partial charge in [-0.15, -0.1) is 0 Å². The van der Waals surface area contributed by atoms with Crippen molar-refractivity contribution in [2.24, 2.45) is 5.11 Å². The Bertz CT molecular complexity index is 528. The number of ether oxygens (including phenoxy) is 2. The van der Waals surface area contributed by atoms with Crippen LogP contribution < -0.4 is 0 Å². The lowest BCUT2D eigenvalue weighted by Gasteiger charge is -2.40. The second kappa shape index (κ2) is 12.0. The smallest absolute Gasteiger partial charge is 0.305 e. The number of azide groups is 1. The summed E-state index contributed by atoms with van der Waals surface area (Å²) in [6.45, 7) is 14.7. The van der Waals surface area contributed by atoms with Crippen LogP contribution in [0.1, 0.15) is 60.3 Å². The summed E-state index contributed by atoms with van der Waals surface area (Å²) in [6.07, 6.45) is 0.529. The van der Waals surface area contributed by atoms with E-state index in [1.54, 1.807) is 13.8 Å². The molecule has 0 spiro atoms. The predicted octanol–water partition coefficient (Wildman–Crippen LogP) is 4.74. The first-order valence-electron chi connectivity index (χ1n) is 9.51. The lowest BCUT2D eigenvalue weighted by atomic mass is 10.0. The molecule has 2 atom stereocenters. The summed E-state index contributed by atoms with van der Waals surface area (Å²) >= 11 is 0. The van der Waals surface area contributed by atoms with E-state index in [-0.39, 0.29) is 29.8 Å². The van der Waals surface area contributed by atoms with Crippen LogP contribution in [0.25, 0.3) is 10.4 Å². The molecule has 8 nitrogen and oxygen atoms in total. The van der Waals surface area contributed by atoms with Gasteiger partial charge in [-0.25, -0.2) is 0 Å². The standard InChI is InChI=1S/C18H35N3O5Si/c1-8-24-16(22)12-10-14(20-21-19)15(11-13-17(23)25-9-2)26-27(6,7)18(3,4)5/h14-15H,8-13H2,1-7H3/t14-,15+/m0/s1. The van der Waals surface area contributed by atoms with Crippen molar-refractivity contribution < 1.29 is 23.5 Å². The topological polar surface area (TPSA) is 111 Å². The van der Waals surface area contributed by atoms with Gasteiger partial charge in [-0.05, 0) is 50.4 Å². The quantitative estimate of drug-likeness (QED) is 0.154. The van der Waals surface area contributed by atoms with Gasteiger partial charge in [0.25, 0.3) is 0 Å². The summed E-state index contributed by atoms with van der Waals surface area (Å²) < 4.78 is 16.4. The molecule has 0 unspecified atom stereocenters. The molecular weight excluding hydrogens is 366 g/mol. The van der Waals surface area contributed by atoms with Crippen LogP contribution in [-0.4, -0.2) is 45.6 Å². The largest absolute Gasteiger partial charge is 0.466 e. The second-order valence-electron chi connectivity index (χ2n) is 7.88. The number of esters is 2. The molecule has 0 bridgehead atoms. The highest BCUT2D eigenvalue weighted by Crippen LogP contribution is 2.38. The Morgan fingerprint density at radius 3 is 1.93 bits per heavy atom. The molecule has 0 aliphatic rings. The molecule has 0 saturated heterocycles. The van der Waals surface area contributed by atoms with E-state index in [2.05, 4.69) is 43.9 Å². The molecule has 0 radical (unpaired) electrons. The molecule has 0 aliphatic carbocycles. The zero-order valence-corrected chi connectivity index (χ0v) is 18.8. The van der Waals surface area contributed by atoms with Gasteiger partial charge in [0.05, 0.1) is 25.4 Å². The molecule has 0 aromatic carbocycles. The van der Waals surface area contributed by atoms with Crippen molar-refractivity contribution in [3.8, 4) is 0 Å². The first-order valence-corrected chi connectivity index (χ1v) is 12.4. The van der Waals surface area contributed by atoms with Crippen LogP contribution in [0.15, 0.2) is 5.11 Å². The van der Waals surface area contributed by atoms with Gasteiger partial charge in [0.15, 0.2) is 8.32 Å². The van der Waals surface area contributed by atoms with Gasteiger partial charge in [0.1, 0.15) is 0 Å². The molecule has 0 aromatic rings. The molecule has 0 amide bonds. The lowest BCUT2D eigenvalue weighted by molar-refractivity contribution is -0.145. The molecule has 0 heterocycles. The van der Waals surface area contributed by atoms with Crippen molar-refractivity contribution in [3.63, 3.8) is 0 Å². The van der Waals surface area contributed by atoms with Gasteiger partial charge >= 0.3 is 11.9 Å². The summed E-state index contributed by atoms with van der Waals surface area (Å²) in [6, 6.07) is -0.553. The van der Waals surface area contributed by atoms with Crippen molar-refractivity contribution in [1.82, 2.24) is 0 Å². The molecule has 156 valence electrons. The van der Waals surface area contributed by atoms with E-state index < -0.39 is 20.5 Å². The monoisotopic (exact) mass is 401 g/mol. The highest BCUT2D eigenvalue weighted by atomic mass is 28.4. The average molecular weight is 402 g/mol. The van der Waals surface area contributed by atoms with Gasteiger partial charge in [0, 0.05) is 17.8 Å². The Morgan fingerprint density at radius 1 is 1.04 bits per heavy atom. The van der Waals surface area contributed by atoms with Crippen molar-refractivity contribution in [1.29, 1.82) is 0 Å². The van der Waals surface area contributed by atoms with Crippen LogP contribution in [-0.2, 0) is 23.5 Å². The molecule has 0 rings (SSSR count). The molecule has 0 aromatic heterocycles. The Morgan fingerprint density at radius 2 is 1.52 bits per heavy atom. The van der Waals surface area contributed by atoms with Crippen LogP contribution in [0.5, 0.6) is 0 Å². The van der Waals surface area contributed by atoms with Crippen LogP contribution in [0.2, 0.25) is 18.1 Å². The van der Waals surface area contributed by atoms with Crippen molar-refractivity contribution in [2.45, 2.75) is 90.6 Å². The van der Waals surface area contributed by atoms with Crippen LogP contribution >= 0.6 is 0 Å². The number of hydrogen-bond donors (Lipinski definition) is 0. The fourth-order valence-corrected chi connectivity index (χ4v) is 3.65. The van der Waals surface area contributed by atoms with Gasteiger partial charge in [0.2, 0.25) is 0 Å². The fraction of sp³-hybridized carbons (Fsp3) is 0.889. The number of carbonyl (C=O) groups excluding carboxylic acids is 2. The van der Waals surface area contributed by atoms with Crippen molar-refractivity contribution >= 4 is 20.3 Å². The predicted molar refractivity (Wildman–Crippen MR) is 107 cm³/mol. The molecule has 0 N–H and O–H groups in total. The average Bonchev–Trinajstić information content (AvgIpc) is 2.55. The summed E-state index contributed by atoms with van der Waals surface area (Å²) in [7, 11) is -2.17. The molecule has 0 saturated carbocycles. The molecule has 0 fully saturated rings. The highest BCUT2D eigenvalue weighted by molar-refractivity contribution is 6.74. The van der Waals surface area contributed by atoms with Gasteiger partial charge < -0.3 is 13.9 Å². The maximum Gasteiger partial charge on any atom is 0.305 e. The second-order valence-corrected chi connectivity index (χ2v) is 12.6. The van der Waals surface area contributed by atoms with E-state index in [1.165, 1.54) is 0 Å². The number of carbonyl (C=O) groups is 2. The van der Waals surface area contributed by atoms with Crippen molar-refractivity contribution in [3.05, 3.63) is 10.4 Å². The normalized spacial score (nSPS) is 14.0. The first-order chi connectivity index (χ1) is 12.5. The van der Waals surface area contributed by atoms with E-state index >= 15 is 0 Å². The fourth-order valence-electron chi connectivity index (χ4n) is 2.26. The molecule has 9 heteroatoms. The van der Waals surface area contributed by atoms with E-state index in [9.17, 15) is 9.59 Å². The molecule has 0 aliphatic heterocycles. The lowest BCUT2D eigenvalue weighted by Crippen LogP contribution is -2.47. The third-order valence-electron chi connectivity index (χ3n) is 4.77. The number of nitrogens with zero attached hydrogens (tertiary/aromatic N) is 3. The Hall–Kier alpha value is -1.57. The Balaban J connectivity index is 5.36. The summed E-state index contributed by atoms with van der Waals surface area (Å²) in [5.74, 6) is -0.654. The highest BCUT2D eigenvalue weighted by Gasteiger charge is 2.40. The van der Waals surface area contributed by atoms with E-state index in [0.717, 1.165) is 0 Å². The van der Waals surface area contributed by atoms with E-state index in [4.69, 9.17) is 19.4 Å². The van der Waals surface area contributed by atoms with Crippen LogP contribution in [0, 0.1) is 0 Å². The maximum absolute atomic E-state index is 11.8. The van der Waals surface area contributed by atoms with Crippen LogP contribution in [0.3, 0.4) is 0 Å². The summed E-state index contributed by atoms with van der Waals surface area (Å²) in [5.41, 5.74) is 8.98. The number of rotatable bonds is 12. The first kappa shape index (κ1) is 25.4. The van der Waals surface area contributed by atoms with Gasteiger partial charge in [-0.3, -0.25) is 9.59 Å². The third kappa shape index (κ3) is 9.79. The minimum absolute atomic E-state index is 0.0444. The zero-order chi connectivity index (χ0) is 21.1. The minimum Gasteiger partial charge on any atom is -0.466 e. The van der Waals surface area contributed by atoms with Crippen molar-refractivity contribution in [2.75, 3.05) is 13.2 Å². The van der Waals surface area contributed by atoms with E-state index in [1.807, 2.05) is 0 Å². The third-order valence-corrected chi connectivity index (χ3v) is 9.27. The molecular formula is C18H35N3O5Si. The number of hydrogen-bond acceptors (Lipinski definition) is 6. The minimum atomic E-state index is -2.17. The SMILES string of the molecule is CCOC(=O)CC[C@H](N=[N+]=[N-])[C@@H](CCC(=O)OCC)O[Si](C)(C)C(C)(C)C. The Labute approximate surface area is 163 Å². The maximum atomic E-state index is 11.8. The van der Waals surface area contributed by atoms with E-state index in [0.29, 0.717) is 26.1 Å². The summed E-state index contributed by atoms with van der Waals surface area (Å²) in [4.78, 5) is 26.4. The van der Waals surface area contributed by atoms with Gasteiger partial charge in [-0.1, -0.05) is 25.9 Å². The van der Waals surface area contributed by atoms with Gasteiger partial charge in [-0.2, -0.15) is 0 Å². The Kier molecular flexibility index (Phi) is 11.3. The molecule has 27 heavy (non-hydrogen) atoms. The summed E-state index contributed by atoms with van der Waals surface area (Å²) in [5, 5.41) is 3.82. The van der Waals surface area contributed by atoms with Crippen LogP contribution in [0.4, 0.5) is 0 Å².